The summed E-state index contributed by atoms with van der Waals surface area (Å²) < 4.78 is 4.93. The number of esters is 1. The molecule has 0 aliphatic rings. The molecule has 0 aromatic rings. The summed E-state index contributed by atoms with van der Waals surface area (Å²) in [6, 6.07) is 0. The van der Waals surface area contributed by atoms with Crippen LogP contribution < -0.4 is 0 Å². The van der Waals surface area contributed by atoms with Gasteiger partial charge in [0.1, 0.15) is 0 Å². The Bertz CT molecular complexity index is 169. The number of hydrogen-bond donors (Lipinski definition) is 1. The number of aliphatic hydroxyl groups is 1. The minimum atomic E-state index is -0.918. The number of unbranched alkanes of at least 4 members (excludes halogenated alkanes) is 5. The van der Waals surface area contributed by atoms with Crippen molar-refractivity contribution in [1.82, 2.24) is 0 Å². The molecule has 0 saturated heterocycles. The summed E-state index contributed by atoms with van der Waals surface area (Å²) in [5.74, 6) is -0.455. The molecule has 0 aliphatic heterocycles. The number of aliphatic hydroxyl groups excluding tert-OH is 1. The first-order valence-electron chi connectivity index (χ1n) is 6.57. The fraction of sp³-hybridized carbons (Fsp3) is 0.923. The average Bonchev–Trinajstić information content (AvgIpc) is 2.28. The van der Waals surface area contributed by atoms with Crippen LogP contribution in [0, 0.1) is 0 Å². The Morgan fingerprint density at radius 2 is 1.69 bits per heavy atom. The number of ether oxygens (including phenoxy) is 1. The van der Waals surface area contributed by atoms with Gasteiger partial charge in [-0.1, -0.05) is 52.4 Å². The maximum atomic E-state index is 11.3. The van der Waals surface area contributed by atoms with Gasteiger partial charge in [0.25, 0.3) is 0 Å². The quantitative estimate of drug-likeness (QED) is 0.463. The van der Waals surface area contributed by atoms with Crippen molar-refractivity contribution in [1.29, 1.82) is 0 Å². The fourth-order valence-electron chi connectivity index (χ4n) is 1.47. The molecule has 0 saturated carbocycles. The van der Waals surface area contributed by atoms with E-state index in [0.29, 0.717) is 13.0 Å². The maximum Gasteiger partial charge on any atom is 0.334 e. The van der Waals surface area contributed by atoms with Crippen molar-refractivity contribution in [3.05, 3.63) is 0 Å². The van der Waals surface area contributed by atoms with E-state index < -0.39 is 12.1 Å². The highest BCUT2D eigenvalue weighted by Crippen LogP contribution is 2.08. The summed E-state index contributed by atoms with van der Waals surface area (Å²) in [7, 11) is 0. The number of rotatable bonds is 10. The van der Waals surface area contributed by atoms with Gasteiger partial charge in [0, 0.05) is 0 Å². The molecule has 0 radical (unpaired) electrons. The van der Waals surface area contributed by atoms with Crippen molar-refractivity contribution in [3.8, 4) is 0 Å². The third kappa shape index (κ3) is 8.72. The van der Waals surface area contributed by atoms with E-state index in [-0.39, 0.29) is 0 Å². The number of carbonyl (C=O) groups is 1. The van der Waals surface area contributed by atoms with E-state index in [4.69, 9.17) is 4.74 Å². The zero-order chi connectivity index (χ0) is 12.2. The van der Waals surface area contributed by atoms with Gasteiger partial charge in [-0.15, -0.1) is 0 Å². The summed E-state index contributed by atoms with van der Waals surface area (Å²) in [6.07, 6.45) is 7.12. The highest BCUT2D eigenvalue weighted by molar-refractivity contribution is 5.74. The summed E-state index contributed by atoms with van der Waals surface area (Å²) in [4.78, 5) is 11.3. The summed E-state index contributed by atoms with van der Waals surface area (Å²) in [5.41, 5.74) is 0. The van der Waals surface area contributed by atoms with Crippen LogP contribution in [-0.2, 0) is 9.53 Å². The molecule has 0 heterocycles. The lowest BCUT2D eigenvalue weighted by Crippen LogP contribution is -2.23. The van der Waals surface area contributed by atoms with E-state index in [9.17, 15) is 9.90 Å². The van der Waals surface area contributed by atoms with Crippen LogP contribution in [0.1, 0.15) is 65.2 Å². The predicted molar refractivity (Wildman–Crippen MR) is 65.2 cm³/mol. The van der Waals surface area contributed by atoms with E-state index in [1.807, 2.05) is 6.92 Å². The Morgan fingerprint density at radius 1 is 1.06 bits per heavy atom. The van der Waals surface area contributed by atoms with Gasteiger partial charge in [-0.3, -0.25) is 0 Å². The molecule has 3 nitrogen and oxygen atoms in total. The van der Waals surface area contributed by atoms with Crippen LogP contribution in [-0.4, -0.2) is 23.8 Å². The first kappa shape index (κ1) is 15.4. The van der Waals surface area contributed by atoms with E-state index in [2.05, 4.69) is 6.92 Å². The standard InChI is InChI=1S/C13H26O3/c1-3-5-7-8-9-10-12(14)13(15)16-11-6-4-2/h12,14H,3-11H2,1-2H3/t12-/m1/s1. The molecule has 0 bridgehead atoms. The molecule has 0 unspecified atom stereocenters. The Hall–Kier alpha value is -0.570. The van der Waals surface area contributed by atoms with Crippen LogP contribution in [0.15, 0.2) is 0 Å². The first-order chi connectivity index (χ1) is 7.72. The van der Waals surface area contributed by atoms with Crippen molar-refractivity contribution in [2.45, 2.75) is 71.3 Å². The Kier molecular flexibility index (Phi) is 10.5. The Morgan fingerprint density at radius 3 is 2.31 bits per heavy atom. The van der Waals surface area contributed by atoms with Crippen LogP contribution in [0.3, 0.4) is 0 Å². The van der Waals surface area contributed by atoms with E-state index in [0.717, 1.165) is 25.7 Å². The lowest BCUT2D eigenvalue weighted by Gasteiger charge is -2.10. The van der Waals surface area contributed by atoms with Crippen LogP contribution in [0.5, 0.6) is 0 Å². The van der Waals surface area contributed by atoms with Gasteiger partial charge >= 0.3 is 5.97 Å². The average molecular weight is 230 g/mol. The van der Waals surface area contributed by atoms with Crippen molar-refractivity contribution < 1.29 is 14.6 Å². The van der Waals surface area contributed by atoms with Crippen LogP contribution >= 0.6 is 0 Å². The molecule has 0 rings (SSSR count). The predicted octanol–water partition coefficient (Wildman–Crippen LogP) is 3.05. The van der Waals surface area contributed by atoms with Gasteiger partial charge in [-0.05, 0) is 12.8 Å². The van der Waals surface area contributed by atoms with Gasteiger partial charge in [0.15, 0.2) is 6.10 Å². The molecule has 0 amide bonds. The highest BCUT2D eigenvalue weighted by atomic mass is 16.5. The monoisotopic (exact) mass is 230 g/mol. The second-order valence-electron chi connectivity index (χ2n) is 4.24. The van der Waals surface area contributed by atoms with Crippen molar-refractivity contribution in [3.63, 3.8) is 0 Å². The second kappa shape index (κ2) is 10.9. The third-order valence-electron chi connectivity index (χ3n) is 2.60. The lowest BCUT2D eigenvalue weighted by molar-refractivity contribution is -0.154. The van der Waals surface area contributed by atoms with Gasteiger partial charge in [0.05, 0.1) is 6.61 Å². The molecule has 0 spiro atoms. The summed E-state index contributed by atoms with van der Waals surface area (Å²) >= 11 is 0. The SMILES string of the molecule is CCCCCCC[C@@H](O)C(=O)OCCCC. The topological polar surface area (TPSA) is 46.5 Å². The van der Waals surface area contributed by atoms with Crippen LogP contribution in [0.25, 0.3) is 0 Å². The summed E-state index contributed by atoms with van der Waals surface area (Å²) in [6.45, 7) is 4.64. The second-order valence-corrected chi connectivity index (χ2v) is 4.24. The molecular formula is C13H26O3. The molecule has 0 aliphatic carbocycles. The molecule has 0 fully saturated rings. The zero-order valence-electron chi connectivity index (χ0n) is 10.7. The molecule has 16 heavy (non-hydrogen) atoms. The third-order valence-corrected chi connectivity index (χ3v) is 2.60. The van der Waals surface area contributed by atoms with Crippen LogP contribution in [0.2, 0.25) is 0 Å². The van der Waals surface area contributed by atoms with E-state index in [1.54, 1.807) is 0 Å². The van der Waals surface area contributed by atoms with Crippen molar-refractivity contribution in [2.75, 3.05) is 6.61 Å². The smallest absolute Gasteiger partial charge is 0.334 e. The Balaban J connectivity index is 3.40. The fourth-order valence-corrected chi connectivity index (χ4v) is 1.47. The molecule has 96 valence electrons. The molecule has 0 aromatic heterocycles. The molecular weight excluding hydrogens is 204 g/mol. The van der Waals surface area contributed by atoms with Gasteiger partial charge < -0.3 is 9.84 Å². The largest absolute Gasteiger partial charge is 0.464 e. The van der Waals surface area contributed by atoms with Gasteiger partial charge in [-0.25, -0.2) is 4.79 Å². The minimum Gasteiger partial charge on any atom is -0.464 e. The maximum absolute atomic E-state index is 11.3. The number of hydrogen-bond acceptors (Lipinski definition) is 3. The zero-order valence-corrected chi connectivity index (χ0v) is 10.7. The van der Waals surface area contributed by atoms with Crippen molar-refractivity contribution >= 4 is 5.97 Å². The van der Waals surface area contributed by atoms with E-state index in [1.165, 1.54) is 19.3 Å². The minimum absolute atomic E-state index is 0.433. The normalized spacial score (nSPS) is 12.4. The van der Waals surface area contributed by atoms with Crippen LogP contribution in [0.4, 0.5) is 0 Å². The molecule has 1 atom stereocenters. The highest BCUT2D eigenvalue weighted by Gasteiger charge is 2.15. The van der Waals surface area contributed by atoms with E-state index >= 15 is 0 Å². The van der Waals surface area contributed by atoms with Gasteiger partial charge in [0.2, 0.25) is 0 Å². The first-order valence-corrected chi connectivity index (χ1v) is 6.57. The molecule has 3 heteroatoms. The number of carbonyl (C=O) groups excluding carboxylic acids is 1. The lowest BCUT2D eigenvalue weighted by atomic mass is 10.1. The molecule has 0 aromatic carbocycles. The Labute approximate surface area is 99.2 Å². The van der Waals surface area contributed by atoms with Crippen molar-refractivity contribution in [2.24, 2.45) is 0 Å². The van der Waals surface area contributed by atoms with Gasteiger partial charge in [-0.2, -0.15) is 0 Å². The summed E-state index contributed by atoms with van der Waals surface area (Å²) in [5, 5.41) is 9.50. The molecule has 1 N–H and O–H groups in total.